The number of amidine groups is 1. The average Bonchev–Trinajstić information content (AvgIpc) is 2.45. The standard InChI is InChI=1S/C15H23N3O2/c1-15(2,14(16)18-20)11-17-13(19)10-6-9-12-7-4-3-5-8-12/h3-5,7-8,20H,6,9-11H2,1-2H3,(H2,16,18)(H,17,19). The third-order valence-electron chi connectivity index (χ3n) is 3.24. The molecule has 0 unspecified atom stereocenters. The Kier molecular flexibility index (Phi) is 6.03. The maximum absolute atomic E-state index is 11.7. The van der Waals surface area contributed by atoms with Crippen LogP contribution in [0.2, 0.25) is 0 Å². The molecule has 0 radical (unpaired) electrons. The Balaban J connectivity index is 2.27. The zero-order valence-electron chi connectivity index (χ0n) is 12.1. The molecule has 0 bridgehead atoms. The van der Waals surface area contributed by atoms with E-state index >= 15 is 0 Å². The first-order valence-corrected chi connectivity index (χ1v) is 6.74. The summed E-state index contributed by atoms with van der Waals surface area (Å²) in [6.45, 7) is 3.98. The second kappa shape index (κ2) is 7.53. The summed E-state index contributed by atoms with van der Waals surface area (Å²) >= 11 is 0. The number of carbonyl (C=O) groups excluding carboxylic acids is 1. The summed E-state index contributed by atoms with van der Waals surface area (Å²) in [6, 6.07) is 10.1. The number of amides is 1. The van der Waals surface area contributed by atoms with Gasteiger partial charge in [0.1, 0.15) is 5.84 Å². The van der Waals surface area contributed by atoms with E-state index in [4.69, 9.17) is 10.9 Å². The van der Waals surface area contributed by atoms with Crippen LogP contribution in [0.15, 0.2) is 35.5 Å². The smallest absolute Gasteiger partial charge is 0.220 e. The van der Waals surface area contributed by atoms with Crippen LogP contribution >= 0.6 is 0 Å². The van der Waals surface area contributed by atoms with E-state index in [9.17, 15) is 4.79 Å². The van der Waals surface area contributed by atoms with Gasteiger partial charge in [-0.2, -0.15) is 0 Å². The quantitative estimate of drug-likeness (QED) is 0.308. The molecule has 0 saturated carbocycles. The minimum atomic E-state index is -0.552. The minimum absolute atomic E-state index is 0.0141. The summed E-state index contributed by atoms with van der Waals surface area (Å²) in [7, 11) is 0. The third kappa shape index (κ3) is 5.30. The zero-order valence-corrected chi connectivity index (χ0v) is 12.1. The SMILES string of the molecule is CC(C)(CNC(=O)CCCc1ccccc1)/C(N)=N/O. The number of oxime groups is 1. The molecule has 110 valence electrons. The molecular formula is C15H23N3O2. The van der Waals surface area contributed by atoms with Gasteiger partial charge in [0.25, 0.3) is 0 Å². The van der Waals surface area contributed by atoms with E-state index in [0.717, 1.165) is 12.8 Å². The number of nitrogens with zero attached hydrogens (tertiary/aromatic N) is 1. The monoisotopic (exact) mass is 277 g/mol. The van der Waals surface area contributed by atoms with Crippen molar-refractivity contribution in [3.8, 4) is 0 Å². The number of rotatable bonds is 7. The van der Waals surface area contributed by atoms with E-state index in [1.54, 1.807) is 0 Å². The van der Waals surface area contributed by atoms with Crippen molar-refractivity contribution in [3.05, 3.63) is 35.9 Å². The molecule has 0 spiro atoms. The molecule has 1 amide bonds. The first kappa shape index (κ1) is 16.0. The summed E-state index contributed by atoms with van der Waals surface area (Å²) in [5.74, 6) is 0.0989. The van der Waals surface area contributed by atoms with Gasteiger partial charge in [-0.05, 0) is 18.4 Å². The van der Waals surface area contributed by atoms with Crippen LogP contribution in [-0.4, -0.2) is 23.5 Å². The van der Waals surface area contributed by atoms with Gasteiger partial charge in [0, 0.05) is 18.4 Å². The minimum Gasteiger partial charge on any atom is -0.409 e. The topological polar surface area (TPSA) is 87.7 Å². The van der Waals surface area contributed by atoms with Crippen LogP contribution < -0.4 is 11.1 Å². The Hall–Kier alpha value is -2.04. The Labute approximate surface area is 119 Å². The molecule has 0 aliphatic rings. The van der Waals surface area contributed by atoms with Crippen LogP contribution in [0.4, 0.5) is 0 Å². The van der Waals surface area contributed by atoms with Crippen molar-refractivity contribution >= 4 is 11.7 Å². The van der Waals surface area contributed by atoms with Crippen LogP contribution in [0.3, 0.4) is 0 Å². The highest BCUT2D eigenvalue weighted by Crippen LogP contribution is 2.13. The predicted octanol–water partition coefficient (Wildman–Crippen LogP) is 1.90. The van der Waals surface area contributed by atoms with Crippen molar-refractivity contribution in [2.45, 2.75) is 33.1 Å². The van der Waals surface area contributed by atoms with Gasteiger partial charge in [-0.1, -0.05) is 49.3 Å². The second-order valence-electron chi connectivity index (χ2n) is 5.49. The Morgan fingerprint density at radius 2 is 2.00 bits per heavy atom. The highest BCUT2D eigenvalue weighted by Gasteiger charge is 2.24. The molecular weight excluding hydrogens is 254 g/mol. The fraction of sp³-hybridized carbons (Fsp3) is 0.467. The summed E-state index contributed by atoms with van der Waals surface area (Å²) in [6.07, 6.45) is 2.17. The van der Waals surface area contributed by atoms with Gasteiger partial charge in [0.05, 0.1) is 0 Å². The lowest BCUT2D eigenvalue weighted by Gasteiger charge is -2.23. The van der Waals surface area contributed by atoms with Gasteiger partial charge in [-0.15, -0.1) is 0 Å². The van der Waals surface area contributed by atoms with Crippen LogP contribution in [-0.2, 0) is 11.2 Å². The summed E-state index contributed by atoms with van der Waals surface area (Å²) in [4.78, 5) is 11.7. The summed E-state index contributed by atoms with van der Waals surface area (Å²) in [5.41, 5.74) is 6.24. The number of nitrogens with two attached hydrogens (primary N) is 1. The highest BCUT2D eigenvalue weighted by atomic mass is 16.4. The summed E-state index contributed by atoms with van der Waals surface area (Å²) < 4.78 is 0. The molecule has 0 aromatic heterocycles. The van der Waals surface area contributed by atoms with Gasteiger partial charge < -0.3 is 16.3 Å². The van der Waals surface area contributed by atoms with Crippen LogP contribution in [0, 0.1) is 5.41 Å². The van der Waals surface area contributed by atoms with Gasteiger partial charge in [-0.25, -0.2) is 0 Å². The largest absolute Gasteiger partial charge is 0.409 e. The molecule has 0 aliphatic heterocycles. The van der Waals surface area contributed by atoms with Crippen molar-refractivity contribution in [3.63, 3.8) is 0 Å². The van der Waals surface area contributed by atoms with Crippen molar-refractivity contribution < 1.29 is 10.0 Å². The first-order valence-electron chi connectivity index (χ1n) is 6.74. The van der Waals surface area contributed by atoms with E-state index in [-0.39, 0.29) is 11.7 Å². The molecule has 1 aromatic carbocycles. The third-order valence-corrected chi connectivity index (χ3v) is 3.24. The maximum Gasteiger partial charge on any atom is 0.220 e. The van der Waals surface area contributed by atoms with E-state index in [1.165, 1.54) is 5.56 Å². The fourth-order valence-corrected chi connectivity index (χ4v) is 1.73. The molecule has 0 atom stereocenters. The van der Waals surface area contributed by atoms with E-state index in [0.29, 0.717) is 13.0 Å². The van der Waals surface area contributed by atoms with Crippen molar-refractivity contribution in [2.24, 2.45) is 16.3 Å². The molecule has 0 aliphatic carbocycles. The predicted molar refractivity (Wildman–Crippen MR) is 79.6 cm³/mol. The lowest BCUT2D eigenvalue weighted by molar-refractivity contribution is -0.121. The van der Waals surface area contributed by atoms with Crippen LogP contribution in [0.1, 0.15) is 32.3 Å². The Morgan fingerprint density at radius 1 is 1.35 bits per heavy atom. The Morgan fingerprint density at radius 3 is 2.60 bits per heavy atom. The van der Waals surface area contributed by atoms with E-state index in [1.807, 2.05) is 32.0 Å². The van der Waals surface area contributed by atoms with Crippen molar-refractivity contribution in [1.29, 1.82) is 0 Å². The molecule has 20 heavy (non-hydrogen) atoms. The number of nitrogens with one attached hydrogen (secondary N) is 1. The average molecular weight is 277 g/mol. The fourth-order valence-electron chi connectivity index (χ4n) is 1.73. The molecule has 5 nitrogen and oxygen atoms in total. The summed E-state index contributed by atoms with van der Waals surface area (Å²) in [5, 5.41) is 14.4. The van der Waals surface area contributed by atoms with Crippen LogP contribution in [0.5, 0.6) is 0 Å². The van der Waals surface area contributed by atoms with Crippen molar-refractivity contribution in [1.82, 2.24) is 5.32 Å². The maximum atomic E-state index is 11.7. The highest BCUT2D eigenvalue weighted by molar-refractivity contribution is 5.86. The number of hydrogen-bond acceptors (Lipinski definition) is 3. The molecule has 1 aromatic rings. The van der Waals surface area contributed by atoms with Crippen molar-refractivity contribution in [2.75, 3.05) is 6.54 Å². The number of aryl methyl sites for hydroxylation is 1. The molecule has 0 fully saturated rings. The normalized spacial score (nSPS) is 12.2. The number of hydrogen-bond donors (Lipinski definition) is 3. The van der Waals surface area contributed by atoms with Gasteiger partial charge in [0.15, 0.2) is 0 Å². The molecule has 5 heteroatoms. The first-order chi connectivity index (χ1) is 9.45. The molecule has 4 N–H and O–H groups in total. The second-order valence-corrected chi connectivity index (χ2v) is 5.49. The van der Waals surface area contributed by atoms with E-state index < -0.39 is 5.41 Å². The lowest BCUT2D eigenvalue weighted by atomic mass is 9.92. The molecule has 0 saturated heterocycles. The van der Waals surface area contributed by atoms with Gasteiger partial charge >= 0.3 is 0 Å². The zero-order chi connectivity index (χ0) is 15.0. The Bertz CT molecular complexity index is 455. The molecule has 1 rings (SSSR count). The van der Waals surface area contributed by atoms with Gasteiger partial charge in [0.2, 0.25) is 5.91 Å². The van der Waals surface area contributed by atoms with Crippen LogP contribution in [0.25, 0.3) is 0 Å². The van der Waals surface area contributed by atoms with Gasteiger partial charge in [-0.3, -0.25) is 4.79 Å². The lowest BCUT2D eigenvalue weighted by Crippen LogP contribution is -2.42. The number of benzene rings is 1. The number of carbonyl (C=O) groups is 1. The molecule has 0 heterocycles. The van der Waals surface area contributed by atoms with E-state index in [2.05, 4.69) is 22.6 Å².